The average Bonchev–Trinajstić information content (AvgIpc) is 2.70. The molecular formula is C25H47ClO2. The summed E-state index contributed by atoms with van der Waals surface area (Å²) in [5.74, 6) is 0.495. The molecule has 28 heavy (non-hydrogen) atoms. The minimum atomic E-state index is -0.0638. The zero-order valence-electron chi connectivity index (χ0n) is 18.7. The number of halogens is 1. The first kappa shape index (κ1) is 27.5. The molecule has 0 unspecified atom stereocenters. The lowest BCUT2D eigenvalue weighted by atomic mass is 10.1. The summed E-state index contributed by atoms with van der Waals surface area (Å²) in [7, 11) is 0. The molecule has 0 N–H and O–H groups in total. The Balaban J connectivity index is 3.13. The lowest BCUT2D eigenvalue weighted by Crippen LogP contribution is -2.05. The largest absolute Gasteiger partial charge is 0.466 e. The molecule has 0 atom stereocenters. The van der Waals surface area contributed by atoms with Crippen molar-refractivity contribution in [1.29, 1.82) is 0 Å². The van der Waals surface area contributed by atoms with E-state index in [4.69, 9.17) is 16.3 Å². The van der Waals surface area contributed by atoms with E-state index in [2.05, 4.69) is 19.1 Å². The Bertz CT molecular complexity index is 341. The Morgan fingerprint density at radius 2 is 1.14 bits per heavy atom. The second kappa shape index (κ2) is 24.5. The van der Waals surface area contributed by atoms with Gasteiger partial charge in [0.15, 0.2) is 0 Å². The van der Waals surface area contributed by atoms with Crippen LogP contribution < -0.4 is 0 Å². The zero-order chi connectivity index (χ0) is 20.5. The van der Waals surface area contributed by atoms with Crippen molar-refractivity contribution in [1.82, 2.24) is 0 Å². The van der Waals surface area contributed by atoms with Crippen LogP contribution in [0.4, 0.5) is 0 Å². The quantitative estimate of drug-likeness (QED) is 0.0765. The van der Waals surface area contributed by atoms with Gasteiger partial charge in [0.05, 0.1) is 6.61 Å². The second-order valence-corrected chi connectivity index (χ2v) is 8.39. The summed E-state index contributed by atoms with van der Waals surface area (Å²) in [5, 5.41) is 0. The van der Waals surface area contributed by atoms with Gasteiger partial charge in [-0.05, 0) is 38.5 Å². The summed E-state index contributed by atoms with van der Waals surface area (Å²) in [6, 6.07) is 0. The lowest BCUT2D eigenvalue weighted by molar-refractivity contribution is -0.143. The van der Waals surface area contributed by atoms with E-state index in [1.165, 1.54) is 96.3 Å². The van der Waals surface area contributed by atoms with Gasteiger partial charge in [-0.1, -0.05) is 96.1 Å². The predicted octanol–water partition coefficient (Wildman–Crippen LogP) is 8.76. The molecule has 0 radical (unpaired) electrons. The summed E-state index contributed by atoms with van der Waals surface area (Å²) >= 11 is 5.55. The minimum Gasteiger partial charge on any atom is -0.466 e. The van der Waals surface area contributed by atoms with Crippen LogP contribution in [0.2, 0.25) is 0 Å². The van der Waals surface area contributed by atoms with E-state index >= 15 is 0 Å². The molecule has 166 valence electrons. The highest BCUT2D eigenvalue weighted by atomic mass is 35.5. The van der Waals surface area contributed by atoms with Crippen molar-refractivity contribution in [3.63, 3.8) is 0 Å². The van der Waals surface area contributed by atoms with Gasteiger partial charge in [0, 0.05) is 12.3 Å². The van der Waals surface area contributed by atoms with E-state index in [1.807, 2.05) is 0 Å². The van der Waals surface area contributed by atoms with Crippen LogP contribution in [0.5, 0.6) is 0 Å². The van der Waals surface area contributed by atoms with Gasteiger partial charge in [-0.3, -0.25) is 4.79 Å². The van der Waals surface area contributed by atoms with Crippen LogP contribution in [0, 0.1) is 0 Å². The number of hydrogen-bond acceptors (Lipinski definition) is 2. The predicted molar refractivity (Wildman–Crippen MR) is 124 cm³/mol. The first-order valence-electron chi connectivity index (χ1n) is 12.2. The van der Waals surface area contributed by atoms with Gasteiger partial charge in [0.2, 0.25) is 0 Å². The van der Waals surface area contributed by atoms with E-state index in [1.54, 1.807) is 0 Å². The van der Waals surface area contributed by atoms with Crippen molar-refractivity contribution >= 4 is 17.6 Å². The van der Waals surface area contributed by atoms with Gasteiger partial charge in [0.25, 0.3) is 0 Å². The van der Waals surface area contributed by atoms with E-state index < -0.39 is 0 Å². The number of hydrogen-bond donors (Lipinski definition) is 0. The molecule has 0 aromatic carbocycles. The summed E-state index contributed by atoms with van der Waals surface area (Å²) in [5.41, 5.74) is 0. The summed E-state index contributed by atoms with van der Waals surface area (Å²) in [6.07, 6.45) is 28.5. The molecule has 0 fully saturated rings. The number of rotatable bonds is 22. The molecule has 0 saturated carbocycles. The second-order valence-electron chi connectivity index (χ2n) is 8.01. The molecule has 0 aromatic rings. The normalized spacial score (nSPS) is 11.4. The number of carbonyl (C=O) groups excluding carboxylic acids is 1. The fourth-order valence-corrected chi connectivity index (χ4v) is 3.47. The third-order valence-corrected chi connectivity index (χ3v) is 5.45. The van der Waals surface area contributed by atoms with Crippen molar-refractivity contribution in [2.75, 3.05) is 12.5 Å². The van der Waals surface area contributed by atoms with E-state index in [0.29, 0.717) is 18.9 Å². The van der Waals surface area contributed by atoms with Gasteiger partial charge in [-0.2, -0.15) is 0 Å². The first-order valence-corrected chi connectivity index (χ1v) is 12.7. The van der Waals surface area contributed by atoms with Gasteiger partial charge >= 0.3 is 5.97 Å². The van der Waals surface area contributed by atoms with Gasteiger partial charge in [-0.25, -0.2) is 0 Å². The highest BCUT2D eigenvalue weighted by molar-refractivity contribution is 6.17. The third-order valence-electron chi connectivity index (χ3n) is 5.18. The zero-order valence-corrected chi connectivity index (χ0v) is 19.5. The van der Waals surface area contributed by atoms with Crippen LogP contribution in [-0.4, -0.2) is 18.5 Å². The summed E-state index contributed by atoms with van der Waals surface area (Å²) in [4.78, 5) is 11.4. The lowest BCUT2D eigenvalue weighted by Gasteiger charge is -2.04. The Labute approximate surface area is 180 Å². The van der Waals surface area contributed by atoms with Crippen LogP contribution in [0.25, 0.3) is 0 Å². The molecule has 0 spiro atoms. The Morgan fingerprint density at radius 1 is 0.679 bits per heavy atom. The molecule has 0 rings (SSSR count). The molecule has 0 aliphatic rings. The monoisotopic (exact) mass is 414 g/mol. The van der Waals surface area contributed by atoms with E-state index in [9.17, 15) is 4.79 Å². The fourth-order valence-electron chi connectivity index (χ4n) is 3.36. The third kappa shape index (κ3) is 23.5. The van der Waals surface area contributed by atoms with Crippen molar-refractivity contribution in [3.8, 4) is 0 Å². The molecule has 0 saturated heterocycles. The molecule has 0 aliphatic carbocycles. The topological polar surface area (TPSA) is 26.3 Å². The summed E-state index contributed by atoms with van der Waals surface area (Å²) < 4.78 is 5.09. The smallest absolute Gasteiger partial charge is 0.305 e. The Hall–Kier alpha value is -0.500. The molecule has 0 heterocycles. The van der Waals surface area contributed by atoms with Crippen molar-refractivity contribution in [3.05, 3.63) is 12.2 Å². The minimum absolute atomic E-state index is 0.0638. The van der Waals surface area contributed by atoms with Gasteiger partial charge < -0.3 is 4.74 Å². The average molecular weight is 415 g/mol. The number of esters is 1. The maximum atomic E-state index is 11.4. The highest BCUT2D eigenvalue weighted by Crippen LogP contribution is 2.12. The van der Waals surface area contributed by atoms with Crippen LogP contribution >= 0.6 is 11.6 Å². The Morgan fingerprint density at radius 3 is 1.64 bits per heavy atom. The highest BCUT2D eigenvalue weighted by Gasteiger charge is 2.02. The maximum absolute atomic E-state index is 11.4. The summed E-state index contributed by atoms with van der Waals surface area (Å²) in [6.45, 7) is 2.75. The molecule has 0 aromatic heterocycles. The molecular weight excluding hydrogens is 368 g/mol. The SMILES string of the molecule is CCCCCCCC/C=C\CCCCCCCCCCCC(=O)OCCCCl. The van der Waals surface area contributed by atoms with E-state index in [0.717, 1.165) is 19.3 Å². The molecule has 2 nitrogen and oxygen atoms in total. The van der Waals surface area contributed by atoms with E-state index in [-0.39, 0.29) is 5.97 Å². The van der Waals surface area contributed by atoms with Crippen LogP contribution in [-0.2, 0) is 9.53 Å². The van der Waals surface area contributed by atoms with Gasteiger partial charge in [0.1, 0.15) is 0 Å². The number of alkyl halides is 1. The molecule has 0 aliphatic heterocycles. The maximum Gasteiger partial charge on any atom is 0.305 e. The van der Waals surface area contributed by atoms with Crippen LogP contribution in [0.3, 0.4) is 0 Å². The van der Waals surface area contributed by atoms with Crippen molar-refractivity contribution in [2.45, 2.75) is 129 Å². The number of allylic oxidation sites excluding steroid dienone is 2. The molecule has 0 amide bonds. The molecule has 0 bridgehead atoms. The standard InChI is InChI=1S/C25H47ClO2/c1-2-3-4-5-6-7-8-9-10-11-12-13-14-15-16-17-18-19-20-22-25(27)28-24-21-23-26/h9-10H,2-8,11-24H2,1H3/b10-9-. The van der Waals surface area contributed by atoms with Crippen molar-refractivity contribution < 1.29 is 9.53 Å². The fraction of sp³-hybridized carbons (Fsp3) is 0.880. The van der Waals surface area contributed by atoms with Crippen molar-refractivity contribution in [2.24, 2.45) is 0 Å². The number of ether oxygens (including phenoxy) is 1. The Kier molecular flexibility index (Phi) is 24.1. The molecule has 3 heteroatoms. The van der Waals surface area contributed by atoms with Crippen LogP contribution in [0.15, 0.2) is 12.2 Å². The number of unbranched alkanes of at least 4 members (excludes halogenated alkanes) is 15. The number of carbonyl (C=O) groups is 1. The first-order chi connectivity index (χ1) is 13.8. The van der Waals surface area contributed by atoms with Gasteiger partial charge in [-0.15, -0.1) is 11.6 Å². The van der Waals surface area contributed by atoms with Crippen LogP contribution in [0.1, 0.15) is 129 Å².